The Kier molecular flexibility index (Phi) is 50.1. The number of unbranched alkanes of at least 4 members (excludes halogenated alkanes) is 39. The van der Waals surface area contributed by atoms with Crippen molar-refractivity contribution in [3.05, 3.63) is 0 Å². The number of esters is 3. The van der Waals surface area contributed by atoms with E-state index in [-0.39, 0.29) is 31.1 Å². The molecule has 0 aliphatic heterocycles. The highest BCUT2D eigenvalue weighted by atomic mass is 16.6. The fourth-order valence-corrected chi connectivity index (χ4v) is 8.75. The Hall–Kier alpha value is -1.59. The zero-order chi connectivity index (χ0) is 45.9. The Bertz CT molecular complexity index is 949. The molecular formula is C57H110O6. The van der Waals surface area contributed by atoms with Gasteiger partial charge in [-0.25, -0.2) is 0 Å². The molecule has 0 saturated heterocycles. The minimum absolute atomic E-state index is 0.0619. The summed E-state index contributed by atoms with van der Waals surface area (Å²) < 4.78 is 16.9. The van der Waals surface area contributed by atoms with Crippen molar-refractivity contribution in [3.8, 4) is 0 Å². The van der Waals surface area contributed by atoms with Gasteiger partial charge in [0.05, 0.1) is 0 Å². The molecule has 0 amide bonds. The van der Waals surface area contributed by atoms with Gasteiger partial charge in [0.15, 0.2) is 6.10 Å². The molecule has 0 saturated carbocycles. The van der Waals surface area contributed by atoms with E-state index in [1.54, 1.807) is 0 Å². The van der Waals surface area contributed by atoms with E-state index in [1.165, 1.54) is 218 Å². The summed E-state index contributed by atoms with van der Waals surface area (Å²) in [6, 6.07) is 0. The minimum atomic E-state index is -0.761. The third kappa shape index (κ3) is 51.3. The van der Waals surface area contributed by atoms with Crippen molar-refractivity contribution in [3.63, 3.8) is 0 Å². The number of carbonyl (C=O) groups excluding carboxylic acids is 3. The predicted octanol–water partition coefficient (Wildman–Crippen LogP) is 18.6. The third-order valence-corrected chi connectivity index (χ3v) is 13.0. The highest BCUT2D eigenvalue weighted by Crippen LogP contribution is 2.18. The van der Waals surface area contributed by atoms with Crippen LogP contribution in [0.2, 0.25) is 0 Å². The summed E-state index contributed by atoms with van der Waals surface area (Å²) in [4.78, 5) is 38.1. The minimum Gasteiger partial charge on any atom is -0.462 e. The second kappa shape index (κ2) is 51.4. The Morgan fingerprint density at radius 3 is 0.778 bits per heavy atom. The van der Waals surface area contributed by atoms with Crippen molar-refractivity contribution < 1.29 is 28.6 Å². The molecule has 0 bridgehead atoms. The molecule has 1 atom stereocenters. The normalized spacial score (nSPS) is 12.0. The summed E-state index contributed by atoms with van der Waals surface area (Å²) in [7, 11) is 0. The first-order valence-electron chi connectivity index (χ1n) is 28.4. The van der Waals surface area contributed by atoms with Crippen molar-refractivity contribution in [2.24, 2.45) is 5.92 Å². The molecule has 0 spiro atoms. The molecule has 63 heavy (non-hydrogen) atoms. The molecule has 374 valence electrons. The molecule has 0 unspecified atom stereocenters. The molecule has 6 heteroatoms. The second-order valence-corrected chi connectivity index (χ2v) is 20.1. The number of hydrogen-bond donors (Lipinski definition) is 0. The number of hydrogen-bond acceptors (Lipinski definition) is 6. The van der Waals surface area contributed by atoms with E-state index in [1.807, 2.05) is 0 Å². The van der Waals surface area contributed by atoms with E-state index in [9.17, 15) is 14.4 Å². The van der Waals surface area contributed by atoms with E-state index in [2.05, 4.69) is 27.7 Å². The summed E-state index contributed by atoms with van der Waals surface area (Å²) in [5.41, 5.74) is 0. The van der Waals surface area contributed by atoms with Gasteiger partial charge in [-0.2, -0.15) is 0 Å². The SMILES string of the molecule is CCCCCCCCCCCCCCCC(=O)OC[C@H](COC(=O)CCCCCCCCCCCCCCCCCCC(C)C)OC(=O)CCCCCCCCCCCCCCC. The lowest BCUT2D eigenvalue weighted by molar-refractivity contribution is -0.167. The molecule has 6 nitrogen and oxygen atoms in total. The lowest BCUT2D eigenvalue weighted by Crippen LogP contribution is -2.30. The first-order valence-corrected chi connectivity index (χ1v) is 28.4. The topological polar surface area (TPSA) is 78.9 Å². The van der Waals surface area contributed by atoms with Crippen LogP contribution in [-0.4, -0.2) is 37.2 Å². The second-order valence-electron chi connectivity index (χ2n) is 20.1. The van der Waals surface area contributed by atoms with E-state index in [0.29, 0.717) is 19.3 Å². The largest absolute Gasteiger partial charge is 0.462 e. The summed E-state index contributed by atoms with van der Waals surface area (Å²) >= 11 is 0. The predicted molar refractivity (Wildman–Crippen MR) is 270 cm³/mol. The van der Waals surface area contributed by atoms with Gasteiger partial charge in [0.1, 0.15) is 13.2 Å². The number of rotatable bonds is 52. The Balaban J connectivity index is 4.26. The zero-order valence-corrected chi connectivity index (χ0v) is 43.0. The van der Waals surface area contributed by atoms with Crippen molar-refractivity contribution in [2.45, 2.75) is 329 Å². The van der Waals surface area contributed by atoms with Crippen molar-refractivity contribution >= 4 is 17.9 Å². The third-order valence-electron chi connectivity index (χ3n) is 13.0. The zero-order valence-electron chi connectivity index (χ0n) is 43.0. The quantitative estimate of drug-likeness (QED) is 0.0344. The maximum absolute atomic E-state index is 12.8. The molecule has 0 aromatic carbocycles. The molecular weight excluding hydrogens is 781 g/mol. The van der Waals surface area contributed by atoms with Gasteiger partial charge in [0, 0.05) is 19.3 Å². The van der Waals surface area contributed by atoms with Crippen molar-refractivity contribution in [2.75, 3.05) is 13.2 Å². The Labute approximate surface area is 393 Å². The standard InChI is InChI=1S/C57H110O6/c1-5-7-9-11-13-15-17-23-28-32-36-40-44-48-55(58)61-51-54(63-57(60)50-46-42-38-34-30-24-18-16-14-12-10-8-6-2)52-62-56(59)49-45-41-37-33-29-26-22-20-19-21-25-27-31-35-39-43-47-53(3)4/h53-54H,5-52H2,1-4H3/t54-/m1/s1. The highest BCUT2D eigenvalue weighted by Gasteiger charge is 2.19. The summed E-state index contributed by atoms with van der Waals surface area (Å²) in [5.74, 6) is 0.0164. The number of carbonyl (C=O) groups is 3. The first-order chi connectivity index (χ1) is 30.9. The maximum Gasteiger partial charge on any atom is 0.306 e. The average Bonchev–Trinajstić information content (AvgIpc) is 3.27. The molecule has 0 aromatic rings. The van der Waals surface area contributed by atoms with Gasteiger partial charge in [-0.05, 0) is 25.2 Å². The summed E-state index contributed by atoms with van der Waals surface area (Å²) in [5, 5.41) is 0. The fraction of sp³-hybridized carbons (Fsp3) is 0.947. The van der Waals surface area contributed by atoms with Gasteiger partial charge >= 0.3 is 17.9 Å². The van der Waals surface area contributed by atoms with Crippen LogP contribution in [-0.2, 0) is 28.6 Å². The Morgan fingerprint density at radius 2 is 0.524 bits per heavy atom. The maximum atomic E-state index is 12.8. The average molecular weight is 892 g/mol. The van der Waals surface area contributed by atoms with E-state index < -0.39 is 6.10 Å². The Morgan fingerprint density at radius 1 is 0.302 bits per heavy atom. The number of ether oxygens (including phenoxy) is 3. The van der Waals surface area contributed by atoms with E-state index in [0.717, 1.165) is 63.7 Å². The van der Waals surface area contributed by atoms with Crippen LogP contribution < -0.4 is 0 Å². The van der Waals surface area contributed by atoms with Crippen LogP contribution in [0.5, 0.6) is 0 Å². The summed E-state index contributed by atoms with van der Waals surface area (Å²) in [6.45, 7) is 9.06. The van der Waals surface area contributed by atoms with Crippen LogP contribution in [0.4, 0.5) is 0 Å². The first kappa shape index (κ1) is 61.4. The van der Waals surface area contributed by atoms with Gasteiger partial charge in [0.25, 0.3) is 0 Å². The smallest absolute Gasteiger partial charge is 0.306 e. The molecule has 0 radical (unpaired) electrons. The van der Waals surface area contributed by atoms with Gasteiger partial charge in [0.2, 0.25) is 0 Å². The van der Waals surface area contributed by atoms with Crippen LogP contribution in [0.25, 0.3) is 0 Å². The van der Waals surface area contributed by atoms with Crippen molar-refractivity contribution in [1.29, 1.82) is 0 Å². The van der Waals surface area contributed by atoms with Crippen LogP contribution >= 0.6 is 0 Å². The molecule has 0 aromatic heterocycles. The molecule has 0 aliphatic rings. The van der Waals surface area contributed by atoms with Crippen molar-refractivity contribution in [1.82, 2.24) is 0 Å². The van der Waals surface area contributed by atoms with Gasteiger partial charge in [-0.3, -0.25) is 14.4 Å². The molecule has 0 rings (SSSR count). The van der Waals surface area contributed by atoms with Crippen LogP contribution in [0.3, 0.4) is 0 Å². The monoisotopic (exact) mass is 891 g/mol. The fourth-order valence-electron chi connectivity index (χ4n) is 8.75. The summed E-state index contributed by atoms with van der Waals surface area (Å²) in [6.07, 6.45) is 55.2. The molecule has 0 aliphatic carbocycles. The highest BCUT2D eigenvalue weighted by molar-refractivity contribution is 5.71. The van der Waals surface area contributed by atoms with Crippen LogP contribution in [0, 0.1) is 5.92 Å². The van der Waals surface area contributed by atoms with E-state index in [4.69, 9.17) is 14.2 Å². The van der Waals surface area contributed by atoms with Gasteiger partial charge in [-0.1, -0.05) is 285 Å². The van der Waals surface area contributed by atoms with Gasteiger partial charge in [-0.15, -0.1) is 0 Å². The molecule has 0 N–H and O–H groups in total. The lowest BCUT2D eigenvalue weighted by atomic mass is 10.0. The lowest BCUT2D eigenvalue weighted by Gasteiger charge is -2.18. The molecule has 0 fully saturated rings. The van der Waals surface area contributed by atoms with Gasteiger partial charge < -0.3 is 14.2 Å². The van der Waals surface area contributed by atoms with Crippen LogP contribution in [0.1, 0.15) is 323 Å². The van der Waals surface area contributed by atoms with E-state index >= 15 is 0 Å². The molecule has 0 heterocycles. The van der Waals surface area contributed by atoms with Crippen LogP contribution in [0.15, 0.2) is 0 Å².